The zero-order chi connectivity index (χ0) is 58.5. The van der Waals surface area contributed by atoms with Gasteiger partial charge in [-0.05, 0) is 154 Å². The van der Waals surface area contributed by atoms with Crippen molar-refractivity contribution in [3.05, 3.63) is 170 Å². The summed E-state index contributed by atoms with van der Waals surface area (Å²) in [6.45, 7) is 6.34. The summed E-state index contributed by atoms with van der Waals surface area (Å²) in [4.78, 5) is 38.4. The predicted molar refractivity (Wildman–Crippen MR) is 352 cm³/mol. The van der Waals surface area contributed by atoms with Crippen LogP contribution in [0.15, 0.2) is 170 Å². The molecule has 0 aliphatic carbocycles. The van der Waals surface area contributed by atoms with E-state index in [4.69, 9.17) is 14.2 Å². The van der Waals surface area contributed by atoms with Gasteiger partial charge >= 0.3 is 17.9 Å². The van der Waals surface area contributed by atoms with Crippen LogP contribution < -0.4 is 0 Å². The van der Waals surface area contributed by atoms with Gasteiger partial charge in [0.15, 0.2) is 6.10 Å². The van der Waals surface area contributed by atoms with Gasteiger partial charge in [0.25, 0.3) is 0 Å². The Labute approximate surface area is 498 Å². The Morgan fingerprint density at radius 3 is 0.802 bits per heavy atom. The van der Waals surface area contributed by atoms with Crippen LogP contribution >= 0.6 is 0 Å². The summed E-state index contributed by atoms with van der Waals surface area (Å²) >= 11 is 0. The second-order valence-electron chi connectivity index (χ2n) is 20.9. The molecule has 0 radical (unpaired) electrons. The van der Waals surface area contributed by atoms with E-state index in [1.165, 1.54) is 77.0 Å². The SMILES string of the molecule is CC/C=C\C/C=C\C/C=C\C/C=C\C/C=C\C/C=C\C/C=C\CCCCCC(=O)OCC(COC(=O)CCCCCCCCC/C=C\CCCCCCCC)OC(=O)CCCC/C=C\C/C=C\C/C=C\C/C=C\C/C=C\C/C=C\CC. The van der Waals surface area contributed by atoms with Crippen LogP contribution in [0.4, 0.5) is 0 Å². The van der Waals surface area contributed by atoms with Crippen LogP contribution in [-0.4, -0.2) is 37.2 Å². The lowest BCUT2D eigenvalue weighted by atomic mass is 10.1. The Hall–Kier alpha value is -5.23. The van der Waals surface area contributed by atoms with Crippen LogP contribution in [0.25, 0.3) is 0 Å². The lowest BCUT2D eigenvalue weighted by Gasteiger charge is -2.18. The van der Waals surface area contributed by atoms with Gasteiger partial charge in [-0.25, -0.2) is 0 Å². The number of carbonyl (C=O) groups excluding carboxylic acids is 3. The number of allylic oxidation sites excluding steroid dienone is 28. The number of ether oxygens (including phenoxy) is 3. The van der Waals surface area contributed by atoms with Crippen LogP contribution in [0, 0.1) is 0 Å². The van der Waals surface area contributed by atoms with Gasteiger partial charge in [0.2, 0.25) is 0 Å². The van der Waals surface area contributed by atoms with Gasteiger partial charge in [0.1, 0.15) is 13.2 Å². The number of hydrogen-bond acceptors (Lipinski definition) is 6. The van der Waals surface area contributed by atoms with E-state index in [9.17, 15) is 14.4 Å². The van der Waals surface area contributed by atoms with Crippen LogP contribution in [0.2, 0.25) is 0 Å². The lowest BCUT2D eigenvalue weighted by molar-refractivity contribution is -0.167. The maximum atomic E-state index is 12.9. The second kappa shape index (κ2) is 67.3. The molecule has 6 heteroatoms. The fraction of sp³-hybridized carbons (Fsp3) is 0.587. The summed E-state index contributed by atoms with van der Waals surface area (Å²) in [5, 5.41) is 0. The summed E-state index contributed by atoms with van der Waals surface area (Å²) in [7, 11) is 0. The van der Waals surface area contributed by atoms with Crippen molar-refractivity contribution in [2.24, 2.45) is 0 Å². The van der Waals surface area contributed by atoms with Crippen LogP contribution in [0.3, 0.4) is 0 Å². The van der Waals surface area contributed by atoms with Crippen LogP contribution in [-0.2, 0) is 28.6 Å². The minimum absolute atomic E-state index is 0.116. The number of esters is 3. The molecule has 6 nitrogen and oxygen atoms in total. The van der Waals surface area contributed by atoms with Crippen LogP contribution in [0.5, 0.6) is 0 Å². The fourth-order valence-corrected chi connectivity index (χ4v) is 8.36. The number of hydrogen-bond donors (Lipinski definition) is 0. The maximum Gasteiger partial charge on any atom is 0.306 e. The Morgan fingerprint density at radius 2 is 0.481 bits per heavy atom. The Bertz CT molecular complexity index is 1860. The van der Waals surface area contributed by atoms with E-state index in [2.05, 4.69) is 191 Å². The number of unbranched alkanes of at least 4 members (excludes halogenated alkanes) is 18. The standard InChI is InChI=1S/C75H118O6/c1-4-7-10-13-16-19-22-25-28-31-33-35-36-37-38-40-41-44-47-50-53-56-59-62-65-68-74(77)80-71-72(70-79-73(76)67-64-61-58-55-52-49-46-43-30-27-24-21-18-15-12-9-6-3)81-75(78)69-66-63-60-57-54-51-48-45-42-39-34-32-29-26-23-20-17-14-11-8-5-2/h7-8,10-11,16-17,19-20,25-30,33-35,37-39,41,44-45,48,50,53-54,57,72H,4-6,9,12-15,18,21-24,31-32,36,40,42-43,46-47,49,51-52,55-56,58-71H2,1-3H3/b10-7-,11-8-,19-16-,20-17-,28-25-,29-26-,30-27-,35-33-,38-37-,39-34-,44-41-,48-45-,53-50-,57-54-. The molecule has 0 rings (SSSR count). The largest absolute Gasteiger partial charge is 0.462 e. The zero-order valence-electron chi connectivity index (χ0n) is 52.0. The molecule has 81 heavy (non-hydrogen) atoms. The predicted octanol–water partition coefficient (Wildman–Crippen LogP) is 22.7. The van der Waals surface area contributed by atoms with Crippen molar-refractivity contribution in [3.63, 3.8) is 0 Å². The summed E-state index contributed by atoms with van der Waals surface area (Å²) in [5.41, 5.74) is 0. The molecule has 0 spiro atoms. The van der Waals surface area contributed by atoms with E-state index < -0.39 is 6.10 Å². The summed E-state index contributed by atoms with van der Waals surface area (Å²) < 4.78 is 16.9. The molecular weight excluding hydrogens is 997 g/mol. The third kappa shape index (κ3) is 65.5. The van der Waals surface area contributed by atoms with Crippen molar-refractivity contribution < 1.29 is 28.6 Å². The van der Waals surface area contributed by atoms with Crippen molar-refractivity contribution in [1.29, 1.82) is 0 Å². The van der Waals surface area contributed by atoms with Gasteiger partial charge < -0.3 is 14.2 Å². The third-order valence-corrected chi connectivity index (χ3v) is 13.2. The minimum Gasteiger partial charge on any atom is -0.462 e. The van der Waals surface area contributed by atoms with E-state index in [0.717, 1.165) is 141 Å². The molecule has 0 aromatic heterocycles. The highest BCUT2D eigenvalue weighted by Gasteiger charge is 2.19. The fourth-order valence-electron chi connectivity index (χ4n) is 8.36. The molecule has 454 valence electrons. The number of carbonyl (C=O) groups is 3. The first-order chi connectivity index (χ1) is 40.0. The van der Waals surface area contributed by atoms with Gasteiger partial charge in [0.05, 0.1) is 0 Å². The molecule has 0 amide bonds. The summed E-state index contributed by atoms with van der Waals surface area (Å²) in [6.07, 6.45) is 99.2. The van der Waals surface area contributed by atoms with Gasteiger partial charge in [0, 0.05) is 19.3 Å². The zero-order valence-corrected chi connectivity index (χ0v) is 52.0. The average Bonchev–Trinajstić information content (AvgIpc) is 3.47. The molecule has 0 fully saturated rings. The highest BCUT2D eigenvalue weighted by atomic mass is 16.6. The molecule has 0 aliphatic rings. The van der Waals surface area contributed by atoms with Crippen molar-refractivity contribution in [2.45, 2.75) is 271 Å². The van der Waals surface area contributed by atoms with E-state index in [1.54, 1.807) is 0 Å². The van der Waals surface area contributed by atoms with Gasteiger partial charge in [-0.3, -0.25) is 14.4 Å². The maximum absolute atomic E-state index is 12.9. The summed E-state index contributed by atoms with van der Waals surface area (Å²) in [5.74, 6) is -1.00. The highest BCUT2D eigenvalue weighted by molar-refractivity contribution is 5.71. The monoisotopic (exact) mass is 1110 g/mol. The normalized spacial score (nSPS) is 13.3. The first-order valence-corrected chi connectivity index (χ1v) is 32.6. The highest BCUT2D eigenvalue weighted by Crippen LogP contribution is 2.14. The van der Waals surface area contributed by atoms with E-state index in [1.807, 2.05) is 0 Å². The van der Waals surface area contributed by atoms with Crippen molar-refractivity contribution in [3.8, 4) is 0 Å². The smallest absolute Gasteiger partial charge is 0.306 e. The topological polar surface area (TPSA) is 78.9 Å². The van der Waals surface area contributed by atoms with E-state index in [0.29, 0.717) is 19.3 Å². The Balaban J connectivity index is 4.57. The third-order valence-electron chi connectivity index (χ3n) is 13.2. The van der Waals surface area contributed by atoms with Crippen molar-refractivity contribution >= 4 is 17.9 Å². The molecule has 1 atom stereocenters. The molecule has 0 aromatic carbocycles. The molecule has 0 aromatic rings. The van der Waals surface area contributed by atoms with Gasteiger partial charge in [-0.15, -0.1) is 0 Å². The van der Waals surface area contributed by atoms with E-state index in [-0.39, 0.29) is 37.5 Å². The number of rotatable bonds is 57. The molecule has 0 bridgehead atoms. The Kier molecular flexibility index (Phi) is 62.9. The first-order valence-electron chi connectivity index (χ1n) is 32.6. The molecule has 0 saturated carbocycles. The molecule has 0 saturated heterocycles. The first kappa shape index (κ1) is 75.8. The molecular formula is C75H118O6. The Morgan fingerprint density at radius 1 is 0.259 bits per heavy atom. The van der Waals surface area contributed by atoms with Crippen molar-refractivity contribution in [2.75, 3.05) is 13.2 Å². The molecule has 1 unspecified atom stereocenters. The molecule has 0 N–H and O–H groups in total. The molecule has 0 aliphatic heterocycles. The van der Waals surface area contributed by atoms with Crippen LogP contribution in [0.1, 0.15) is 265 Å². The van der Waals surface area contributed by atoms with E-state index >= 15 is 0 Å². The molecule has 0 heterocycles. The summed E-state index contributed by atoms with van der Waals surface area (Å²) in [6, 6.07) is 0. The minimum atomic E-state index is -0.828. The second-order valence-corrected chi connectivity index (χ2v) is 20.9. The average molecular weight is 1120 g/mol. The van der Waals surface area contributed by atoms with Gasteiger partial charge in [-0.2, -0.15) is 0 Å². The van der Waals surface area contributed by atoms with Gasteiger partial charge in [-0.1, -0.05) is 262 Å². The van der Waals surface area contributed by atoms with Crippen molar-refractivity contribution in [1.82, 2.24) is 0 Å². The quantitative estimate of drug-likeness (QED) is 0.0261. The lowest BCUT2D eigenvalue weighted by Crippen LogP contribution is -2.30.